The first-order valence-corrected chi connectivity index (χ1v) is 9.74. The van der Waals surface area contributed by atoms with Crippen LogP contribution in [0.1, 0.15) is 24.0 Å². The van der Waals surface area contributed by atoms with E-state index in [1.54, 1.807) is 12.1 Å². The SMILES string of the molecule is CC(CN)C(Cc1ccc(Cl)c(Cl)c1)c1ccc(-c2ccccc2)c(F)c1. The second-order valence-corrected chi connectivity index (χ2v) is 7.69. The molecule has 0 bridgehead atoms. The molecule has 0 amide bonds. The van der Waals surface area contributed by atoms with E-state index < -0.39 is 0 Å². The predicted octanol–water partition coefficient (Wildman–Crippen LogP) is 6.72. The van der Waals surface area contributed by atoms with Crippen LogP contribution in [0.25, 0.3) is 11.1 Å². The Balaban J connectivity index is 1.93. The lowest BCUT2D eigenvalue weighted by Gasteiger charge is -2.24. The molecule has 1 nitrogen and oxygen atoms in total. The standard InChI is InChI=1S/C23H22Cl2FN/c1-15(14-27)20(11-16-7-10-21(24)22(25)12-16)18-8-9-19(23(26)13-18)17-5-3-2-4-6-17/h2-10,12-13,15,20H,11,14,27H2,1H3. The molecule has 0 saturated heterocycles. The van der Waals surface area contributed by atoms with Gasteiger partial charge in [0.1, 0.15) is 5.82 Å². The summed E-state index contributed by atoms with van der Waals surface area (Å²) in [5.41, 5.74) is 9.41. The van der Waals surface area contributed by atoms with Gasteiger partial charge < -0.3 is 5.73 Å². The van der Waals surface area contributed by atoms with E-state index in [9.17, 15) is 4.39 Å². The number of hydrogen-bond acceptors (Lipinski definition) is 1. The van der Waals surface area contributed by atoms with Crippen LogP contribution in [0.5, 0.6) is 0 Å². The molecule has 3 rings (SSSR count). The molecule has 2 N–H and O–H groups in total. The van der Waals surface area contributed by atoms with Crippen molar-refractivity contribution in [2.75, 3.05) is 6.54 Å². The number of benzene rings is 3. The lowest BCUT2D eigenvalue weighted by atomic mass is 9.82. The van der Waals surface area contributed by atoms with E-state index in [1.807, 2.05) is 54.6 Å². The molecule has 0 radical (unpaired) electrons. The van der Waals surface area contributed by atoms with Crippen molar-refractivity contribution >= 4 is 23.2 Å². The van der Waals surface area contributed by atoms with Gasteiger partial charge in [0.05, 0.1) is 10.0 Å². The molecule has 0 aliphatic heterocycles. The first-order valence-electron chi connectivity index (χ1n) is 8.98. The highest BCUT2D eigenvalue weighted by Gasteiger charge is 2.21. The summed E-state index contributed by atoms with van der Waals surface area (Å²) in [5, 5.41) is 1.06. The highest BCUT2D eigenvalue weighted by Crippen LogP contribution is 2.33. The summed E-state index contributed by atoms with van der Waals surface area (Å²) in [5.74, 6) is 0.0649. The Kier molecular flexibility index (Phi) is 6.54. The maximum atomic E-state index is 14.8. The molecule has 0 fully saturated rings. The third-order valence-electron chi connectivity index (χ3n) is 5.00. The van der Waals surface area contributed by atoms with Crippen LogP contribution < -0.4 is 5.73 Å². The molecular weight excluding hydrogens is 380 g/mol. The molecule has 2 atom stereocenters. The van der Waals surface area contributed by atoms with Crippen LogP contribution in [-0.4, -0.2) is 6.54 Å². The summed E-state index contributed by atoms with van der Waals surface area (Å²) >= 11 is 12.2. The van der Waals surface area contributed by atoms with Crippen molar-refractivity contribution in [3.8, 4) is 11.1 Å². The van der Waals surface area contributed by atoms with Crippen LogP contribution in [0, 0.1) is 11.7 Å². The van der Waals surface area contributed by atoms with E-state index in [2.05, 4.69) is 6.92 Å². The van der Waals surface area contributed by atoms with E-state index in [-0.39, 0.29) is 17.7 Å². The zero-order valence-electron chi connectivity index (χ0n) is 15.1. The number of nitrogens with two attached hydrogens (primary N) is 1. The van der Waals surface area contributed by atoms with Crippen LogP contribution in [0.15, 0.2) is 66.7 Å². The van der Waals surface area contributed by atoms with Crippen molar-refractivity contribution in [2.24, 2.45) is 11.7 Å². The minimum absolute atomic E-state index is 0.0894. The summed E-state index contributed by atoms with van der Waals surface area (Å²) in [4.78, 5) is 0. The van der Waals surface area contributed by atoms with Crippen LogP contribution in [0.4, 0.5) is 4.39 Å². The minimum Gasteiger partial charge on any atom is -0.330 e. The molecule has 0 saturated carbocycles. The fourth-order valence-electron chi connectivity index (χ4n) is 3.35. The summed E-state index contributed by atoms with van der Waals surface area (Å²) in [6.45, 7) is 2.61. The minimum atomic E-state index is -0.220. The second kappa shape index (κ2) is 8.88. The van der Waals surface area contributed by atoms with Gasteiger partial charge in [-0.25, -0.2) is 4.39 Å². The Morgan fingerprint density at radius 1 is 0.926 bits per heavy atom. The fraction of sp³-hybridized carbons (Fsp3) is 0.217. The van der Waals surface area contributed by atoms with E-state index in [4.69, 9.17) is 28.9 Å². The van der Waals surface area contributed by atoms with Crippen LogP contribution in [0.3, 0.4) is 0 Å². The molecule has 0 spiro atoms. The first-order chi connectivity index (χ1) is 13.0. The molecule has 0 heterocycles. The topological polar surface area (TPSA) is 26.0 Å². The Hall–Kier alpha value is -1.87. The van der Waals surface area contributed by atoms with E-state index in [0.29, 0.717) is 22.2 Å². The van der Waals surface area contributed by atoms with Gasteiger partial charge in [-0.15, -0.1) is 0 Å². The van der Waals surface area contributed by atoms with Gasteiger partial charge in [-0.3, -0.25) is 0 Å². The second-order valence-electron chi connectivity index (χ2n) is 6.88. The van der Waals surface area contributed by atoms with Gasteiger partial charge in [0.2, 0.25) is 0 Å². The number of rotatable bonds is 6. The molecule has 3 aromatic carbocycles. The van der Waals surface area contributed by atoms with Gasteiger partial charge in [-0.2, -0.15) is 0 Å². The predicted molar refractivity (Wildman–Crippen MR) is 113 cm³/mol. The highest BCUT2D eigenvalue weighted by atomic mass is 35.5. The van der Waals surface area contributed by atoms with Gasteiger partial charge >= 0.3 is 0 Å². The van der Waals surface area contributed by atoms with Gasteiger partial charge in [-0.1, -0.05) is 78.7 Å². The normalized spacial score (nSPS) is 13.4. The Morgan fingerprint density at radius 2 is 1.67 bits per heavy atom. The fourth-order valence-corrected chi connectivity index (χ4v) is 3.67. The van der Waals surface area contributed by atoms with Crippen LogP contribution >= 0.6 is 23.2 Å². The number of hydrogen-bond donors (Lipinski definition) is 1. The summed E-state index contributed by atoms with van der Waals surface area (Å²) in [6, 6.07) is 20.7. The number of halogens is 3. The quantitative estimate of drug-likeness (QED) is 0.487. The van der Waals surface area contributed by atoms with Crippen molar-refractivity contribution in [3.63, 3.8) is 0 Å². The van der Waals surface area contributed by atoms with Crippen LogP contribution in [-0.2, 0) is 6.42 Å². The lowest BCUT2D eigenvalue weighted by Crippen LogP contribution is -2.21. The highest BCUT2D eigenvalue weighted by molar-refractivity contribution is 6.42. The average Bonchev–Trinajstić information content (AvgIpc) is 2.68. The summed E-state index contributed by atoms with van der Waals surface area (Å²) < 4.78 is 14.8. The Labute approximate surface area is 169 Å². The molecular formula is C23H22Cl2FN. The van der Waals surface area contributed by atoms with E-state index >= 15 is 0 Å². The van der Waals surface area contributed by atoms with Crippen molar-refractivity contribution in [1.29, 1.82) is 0 Å². The molecule has 0 aromatic heterocycles. The van der Waals surface area contributed by atoms with Crippen molar-refractivity contribution in [2.45, 2.75) is 19.3 Å². The van der Waals surface area contributed by atoms with Gasteiger partial charge in [0, 0.05) is 5.56 Å². The molecule has 140 valence electrons. The molecule has 0 aliphatic rings. The third-order valence-corrected chi connectivity index (χ3v) is 5.74. The molecule has 4 heteroatoms. The van der Waals surface area contributed by atoms with Gasteiger partial charge in [0.25, 0.3) is 0 Å². The zero-order chi connectivity index (χ0) is 19.4. The summed E-state index contributed by atoms with van der Waals surface area (Å²) in [7, 11) is 0. The van der Waals surface area contributed by atoms with E-state index in [0.717, 1.165) is 23.1 Å². The first kappa shape index (κ1) is 19.9. The van der Waals surface area contributed by atoms with Crippen molar-refractivity contribution < 1.29 is 4.39 Å². The van der Waals surface area contributed by atoms with E-state index in [1.165, 1.54) is 0 Å². The van der Waals surface area contributed by atoms with Crippen molar-refractivity contribution in [1.82, 2.24) is 0 Å². The summed E-state index contributed by atoms with van der Waals surface area (Å²) in [6.07, 6.45) is 0.722. The lowest BCUT2D eigenvalue weighted by molar-refractivity contribution is 0.463. The largest absolute Gasteiger partial charge is 0.330 e. The smallest absolute Gasteiger partial charge is 0.131 e. The maximum Gasteiger partial charge on any atom is 0.131 e. The monoisotopic (exact) mass is 401 g/mol. The maximum absolute atomic E-state index is 14.8. The molecule has 27 heavy (non-hydrogen) atoms. The Bertz CT molecular complexity index is 912. The third kappa shape index (κ3) is 4.70. The molecule has 2 unspecified atom stereocenters. The molecule has 0 aliphatic carbocycles. The van der Waals surface area contributed by atoms with Crippen molar-refractivity contribution in [3.05, 3.63) is 93.7 Å². The Morgan fingerprint density at radius 3 is 2.30 bits per heavy atom. The zero-order valence-corrected chi connectivity index (χ0v) is 16.6. The van der Waals surface area contributed by atoms with Crippen LogP contribution in [0.2, 0.25) is 10.0 Å². The van der Waals surface area contributed by atoms with Gasteiger partial charge in [0.15, 0.2) is 0 Å². The van der Waals surface area contributed by atoms with Gasteiger partial charge in [-0.05, 0) is 59.7 Å². The molecule has 3 aromatic rings. The average molecular weight is 402 g/mol.